The van der Waals surface area contributed by atoms with Gasteiger partial charge >= 0.3 is 0 Å². The number of aliphatic hydroxyl groups excluding tert-OH is 1. The number of nitrogens with zero attached hydrogens (tertiary/aromatic N) is 2. The van der Waals surface area contributed by atoms with Crippen LogP contribution < -0.4 is 0 Å². The van der Waals surface area contributed by atoms with Crippen molar-refractivity contribution in [2.75, 3.05) is 26.7 Å². The van der Waals surface area contributed by atoms with Gasteiger partial charge in [0.15, 0.2) is 0 Å². The molecule has 1 rings (SSSR count). The fraction of sp³-hybridized carbons (Fsp3) is 0.909. The molecule has 1 amide bonds. The molecule has 4 heteroatoms. The third kappa shape index (κ3) is 2.32. The van der Waals surface area contributed by atoms with Crippen molar-refractivity contribution in [2.24, 2.45) is 0 Å². The van der Waals surface area contributed by atoms with Gasteiger partial charge in [-0.25, -0.2) is 0 Å². The van der Waals surface area contributed by atoms with Crippen molar-refractivity contribution in [3.05, 3.63) is 0 Å². The molecule has 15 heavy (non-hydrogen) atoms. The molecule has 88 valence electrons. The van der Waals surface area contributed by atoms with E-state index < -0.39 is 0 Å². The molecule has 4 nitrogen and oxygen atoms in total. The summed E-state index contributed by atoms with van der Waals surface area (Å²) in [4.78, 5) is 15.9. The molecule has 1 aliphatic heterocycles. The zero-order valence-electron chi connectivity index (χ0n) is 10.2. The lowest BCUT2D eigenvalue weighted by Gasteiger charge is -2.49. The summed E-state index contributed by atoms with van der Waals surface area (Å²) in [7, 11) is 1.89. The molecule has 1 aliphatic rings. The topological polar surface area (TPSA) is 43.8 Å². The van der Waals surface area contributed by atoms with Crippen molar-refractivity contribution in [1.82, 2.24) is 9.80 Å². The summed E-state index contributed by atoms with van der Waals surface area (Å²) in [6.45, 7) is 7.71. The van der Waals surface area contributed by atoms with Crippen LogP contribution in [-0.4, -0.2) is 59.1 Å². The number of likely N-dealkylation sites (N-methyl/N-ethyl adjacent to an activating group) is 1. The van der Waals surface area contributed by atoms with Crippen LogP contribution in [0.5, 0.6) is 0 Å². The highest BCUT2D eigenvalue weighted by Gasteiger charge is 2.42. The smallest absolute Gasteiger partial charge is 0.242 e. The fourth-order valence-electron chi connectivity index (χ4n) is 2.33. The normalized spacial score (nSPS) is 27.1. The Morgan fingerprint density at radius 1 is 1.53 bits per heavy atom. The van der Waals surface area contributed by atoms with Crippen molar-refractivity contribution in [2.45, 2.75) is 38.8 Å². The Morgan fingerprint density at radius 3 is 2.60 bits per heavy atom. The SMILES string of the molecule is CCCN1C(=O)C(CO)N(C)CC1(C)C. The van der Waals surface area contributed by atoms with Gasteiger partial charge in [0.1, 0.15) is 6.04 Å². The lowest BCUT2D eigenvalue weighted by molar-refractivity contribution is -0.152. The van der Waals surface area contributed by atoms with Gasteiger partial charge in [-0.3, -0.25) is 9.69 Å². The highest BCUT2D eigenvalue weighted by atomic mass is 16.3. The van der Waals surface area contributed by atoms with E-state index in [1.807, 2.05) is 16.8 Å². The molecule has 0 aliphatic carbocycles. The maximum atomic E-state index is 12.1. The number of amides is 1. The second-order valence-electron chi connectivity index (χ2n) is 4.92. The Hall–Kier alpha value is -0.610. The minimum atomic E-state index is -0.357. The Balaban J connectivity index is 2.87. The second-order valence-corrected chi connectivity index (χ2v) is 4.92. The van der Waals surface area contributed by atoms with Crippen LogP contribution in [0.4, 0.5) is 0 Å². The summed E-state index contributed by atoms with van der Waals surface area (Å²) in [6.07, 6.45) is 0.955. The number of carbonyl (C=O) groups is 1. The zero-order valence-corrected chi connectivity index (χ0v) is 10.2. The van der Waals surface area contributed by atoms with E-state index in [-0.39, 0.29) is 24.1 Å². The number of carbonyl (C=O) groups excluding carboxylic acids is 1. The van der Waals surface area contributed by atoms with Crippen LogP contribution in [0.1, 0.15) is 27.2 Å². The van der Waals surface area contributed by atoms with Crippen LogP contribution in [0.15, 0.2) is 0 Å². The molecule has 1 fully saturated rings. The van der Waals surface area contributed by atoms with Gasteiger partial charge in [0.2, 0.25) is 5.91 Å². The predicted octanol–water partition coefficient (Wildman–Crippen LogP) is 0.310. The fourth-order valence-corrected chi connectivity index (χ4v) is 2.33. The Morgan fingerprint density at radius 2 is 2.13 bits per heavy atom. The average Bonchev–Trinajstić information content (AvgIpc) is 2.12. The van der Waals surface area contributed by atoms with E-state index in [4.69, 9.17) is 0 Å². The van der Waals surface area contributed by atoms with Crippen LogP contribution in [0, 0.1) is 0 Å². The molecule has 1 unspecified atom stereocenters. The van der Waals surface area contributed by atoms with Gasteiger partial charge in [0, 0.05) is 18.6 Å². The molecule has 0 radical (unpaired) electrons. The van der Waals surface area contributed by atoms with Crippen LogP contribution in [0.2, 0.25) is 0 Å². The third-order valence-electron chi connectivity index (χ3n) is 3.07. The van der Waals surface area contributed by atoms with E-state index in [9.17, 15) is 9.90 Å². The lowest BCUT2D eigenvalue weighted by Crippen LogP contribution is -2.66. The number of hydrogen-bond acceptors (Lipinski definition) is 3. The van der Waals surface area contributed by atoms with Gasteiger partial charge < -0.3 is 10.0 Å². The summed E-state index contributed by atoms with van der Waals surface area (Å²) in [5.41, 5.74) is -0.131. The zero-order chi connectivity index (χ0) is 11.6. The van der Waals surface area contributed by atoms with E-state index in [2.05, 4.69) is 20.8 Å². The summed E-state index contributed by atoms with van der Waals surface area (Å²) in [6, 6.07) is -0.357. The average molecular weight is 214 g/mol. The molecule has 0 bridgehead atoms. The van der Waals surface area contributed by atoms with E-state index in [1.165, 1.54) is 0 Å². The molecular weight excluding hydrogens is 192 g/mol. The van der Waals surface area contributed by atoms with E-state index in [0.29, 0.717) is 0 Å². The molecular formula is C11H22N2O2. The van der Waals surface area contributed by atoms with Gasteiger partial charge in [-0.2, -0.15) is 0 Å². The van der Waals surface area contributed by atoms with Crippen LogP contribution in [0.3, 0.4) is 0 Å². The van der Waals surface area contributed by atoms with Crippen molar-refractivity contribution < 1.29 is 9.90 Å². The van der Waals surface area contributed by atoms with Gasteiger partial charge in [-0.15, -0.1) is 0 Å². The van der Waals surface area contributed by atoms with Crippen LogP contribution in [-0.2, 0) is 4.79 Å². The molecule has 1 saturated heterocycles. The van der Waals surface area contributed by atoms with E-state index >= 15 is 0 Å². The summed E-state index contributed by atoms with van der Waals surface area (Å²) in [5, 5.41) is 9.20. The molecule has 1 N–H and O–H groups in total. The highest BCUT2D eigenvalue weighted by Crippen LogP contribution is 2.24. The molecule has 0 spiro atoms. The first-order valence-electron chi connectivity index (χ1n) is 5.56. The van der Waals surface area contributed by atoms with Crippen LogP contribution in [0.25, 0.3) is 0 Å². The maximum absolute atomic E-state index is 12.1. The first-order chi connectivity index (χ1) is 6.94. The quantitative estimate of drug-likeness (QED) is 0.735. The van der Waals surface area contributed by atoms with Crippen molar-refractivity contribution in [3.63, 3.8) is 0 Å². The van der Waals surface area contributed by atoms with E-state index in [1.54, 1.807) is 0 Å². The third-order valence-corrected chi connectivity index (χ3v) is 3.07. The first kappa shape index (κ1) is 12.5. The van der Waals surface area contributed by atoms with Crippen LogP contribution >= 0.6 is 0 Å². The maximum Gasteiger partial charge on any atom is 0.242 e. The molecule has 0 aromatic carbocycles. The second kappa shape index (κ2) is 4.49. The molecule has 0 aromatic rings. The molecule has 1 heterocycles. The minimum Gasteiger partial charge on any atom is -0.394 e. The van der Waals surface area contributed by atoms with Gasteiger partial charge in [0.05, 0.1) is 6.61 Å². The first-order valence-corrected chi connectivity index (χ1v) is 5.56. The number of rotatable bonds is 3. The summed E-state index contributed by atoms with van der Waals surface area (Å²) < 4.78 is 0. The molecule has 0 aromatic heterocycles. The van der Waals surface area contributed by atoms with Gasteiger partial charge in [-0.05, 0) is 27.3 Å². The van der Waals surface area contributed by atoms with E-state index in [0.717, 1.165) is 19.5 Å². The highest BCUT2D eigenvalue weighted by molar-refractivity contribution is 5.83. The standard InChI is InChI=1S/C11H22N2O2/c1-5-6-13-10(15)9(7-14)12(4)8-11(13,2)3/h9,14H,5-8H2,1-4H3. The largest absolute Gasteiger partial charge is 0.394 e. The molecule has 1 atom stereocenters. The van der Waals surface area contributed by atoms with Gasteiger partial charge in [-0.1, -0.05) is 6.92 Å². The van der Waals surface area contributed by atoms with Gasteiger partial charge in [0.25, 0.3) is 0 Å². The lowest BCUT2D eigenvalue weighted by atomic mass is 9.95. The van der Waals surface area contributed by atoms with Crippen molar-refractivity contribution >= 4 is 5.91 Å². The number of aliphatic hydroxyl groups is 1. The Kier molecular flexibility index (Phi) is 3.73. The predicted molar refractivity (Wildman–Crippen MR) is 59.6 cm³/mol. The monoisotopic (exact) mass is 214 g/mol. The van der Waals surface area contributed by atoms with Crippen molar-refractivity contribution in [3.8, 4) is 0 Å². The summed E-state index contributed by atoms with van der Waals surface area (Å²) >= 11 is 0. The van der Waals surface area contributed by atoms with Crippen molar-refractivity contribution in [1.29, 1.82) is 0 Å². The minimum absolute atomic E-state index is 0.0538. The Labute approximate surface area is 91.9 Å². The number of piperazine rings is 1. The molecule has 0 saturated carbocycles. The summed E-state index contributed by atoms with van der Waals surface area (Å²) in [5.74, 6) is 0.0538. The Bertz CT molecular complexity index is 241. The number of hydrogen-bond donors (Lipinski definition) is 1.